The largest absolute Gasteiger partial charge is 0.450 e. The highest BCUT2D eigenvalue weighted by molar-refractivity contribution is 9.10. The Hall–Kier alpha value is -2.44. The molecule has 0 aliphatic carbocycles. The van der Waals surface area contributed by atoms with Gasteiger partial charge in [-0.3, -0.25) is 9.59 Å². The van der Waals surface area contributed by atoms with E-state index in [1.807, 2.05) is 24.3 Å². The second kappa shape index (κ2) is 8.13. The van der Waals surface area contributed by atoms with E-state index < -0.39 is 6.04 Å². The second-order valence-electron chi connectivity index (χ2n) is 7.16. The van der Waals surface area contributed by atoms with Crippen molar-refractivity contribution in [2.24, 2.45) is 0 Å². The Balaban J connectivity index is 1.90. The van der Waals surface area contributed by atoms with E-state index in [9.17, 15) is 9.59 Å². The monoisotopic (exact) mass is 455 g/mol. The van der Waals surface area contributed by atoms with Gasteiger partial charge in [-0.05, 0) is 42.2 Å². The SMILES string of the molecule is CCc1ccc(C2c3c(oc4ccc(Br)cc4c3=O)C(=O)N2CCCOC)cc1. The normalized spacial score (nSPS) is 15.9. The van der Waals surface area contributed by atoms with Crippen LogP contribution in [0.4, 0.5) is 0 Å². The van der Waals surface area contributed by atoms with Crippen LogP contribution in [-0.2, 0) is 11.2 Å². The highest BCUT2D eigenvalue weighted by Gasteiger charge is 2.42. The summed E-state index contributed by atoms with van der Waals surface area (Å²) in [6.45, 7) is 3.12. The zero-order valence-electron chi connectivity index (χ0n) is 16.4. The molecule has 1 aliphatic rings. The first-order chi connectivity index (χ1) is 14.0. The highest BCUT2D eigenvalue weighted by atomic mass is 79.9. The number of hydrogen-bond acceptors (Lipinski definition) is 4. The summed E-state index contributed by atoms with van der Waals surface area (Å²) in [6, 6.07) is 12.9. The van der Waals surface area contributed by atoms with Crippen molar-refractivity contribution in [2.75, 3.05) is 20.3 Å². The maximum absolute atomic E-state index is 13.4. The number of amides is 1. The summed E-state index contributed by atoms with van der Waals surface area (Å²) in [5.74, 6) is -0.102. The van der Waals surface area contributed by atoms with Crippen molar-refractivity contribution < 1.29 is 13.9 Å². The van der Waals surface area contributed by atoms with Gasteiger partial charge in [0.05, 0.1) is 17.0 Å². The van der Waals surface area contributed by atoms with Crippen LogP contribution in [0, 0.1) is 0 Å². The number of benzene rings is 2. The lowest BCUT2D eigenvalue weighted by atomic mass is 9.97. The molecule has 0 spiro atoms. The molecule has 2 heterocycles. The second-order valence-corrected chi connectivity index (χ2v) is 8.07. The zero-order valence-corrected chi connectivity index (χ0v) is 18.0. The van der Waals surface area contributed by atoms with Crippen LogP contribution in [-0.4, -0.2) is 31.1 Å². The van der Waals surface area contributed by atoms with Gasteiger partial charge < -0.3 is 14.1 Å². The van der Waals surface area contributed by atoms with E-state index in [1.165, 1.54) is 5.56 Å². The number of hydrogen-bond donors (Lipinski definition) is 0. The van der Waals surface area contributed by atoms with Gasteiger partial charge in [0.15, 0.2) is 5.43 Å². The number of halogens is 1. The Labute approximate surface area is 177 Å². The summed E-state index contributed by atoms with van der Waals surface area (Å²) >= 11 is 3.42. The molecular formula is C23H22BrNO4. The van der Waals surface area contributed by atoms with E-state index in [-0.39, 0.29) is 17.1 Å². The summed E-state index contributed by atoms with van der Waals surface area (Å²) in [7, 11) is 1.64. The van der Waals surface area contributed by atoms with E-state index in [0.29, 0.717) is 36.1 Å². The van der Waals surface area contributed by atoms with Crippen LogP contribution in [0.15, 0.2) is 56.1 Å². The molecule has 2 aromatic carbocycles. The predicted molar refractivity (Wildman–Crippen MR) is 115 cm³/mol. The van der Waals surface area contributed by atoms with Gasteiger partial charge >= 0.3 is 0 Å². The number of rotatable bonds is 6. The van der Waals surface area contributed by atoms with Gasteiger partial charge in [-0.25, -0.2) is 0 Å². The van der Waals surface area contributed by atoms with Crippen LogP contribution >= 0.6 is 15.9 Å². The fourth-order valence-corrected chi connectivity index (χ4v) is 4.25. The van der Waals surface area contributed by atoms with Gasteiger partial charge in [0.1, 0.15) is 5.58 Å². The Morgan fingerprint density at radius 2 is 1.90 bits per heavy atom. The maximum Gasteiger partial charge on any atom is 0.290 e. The lowest BCUT2D eigenvalue weighted by Crippen LogP contribution is -2.31. The summed E-state index contributed by atoms with van der Waals surface area (Å²) in [6.07, 6.45) is 1.61. The lowest BCUT2D eigenvalue weighted by molar-refractivity contribution is 0.0708. The van der Waals surface area contributed by atoms with Gasteiger partial charge in [0.2, 0.25) is 5.76 Å². The number of fused-ring (bicyclic) bond motifs is 2. The lowest BCUT2D eigenvalue weighted by Gasteiger charge is -2.25. The molecule has 0 saturated carbocycles. The third kappa shape index (κ3) is 3.51. The van der Waals surface area contributed by atoms with E-state index in [2.05, 4.69) is 22.9 Å². The summed E-state index contributed by atoms with van der Waals surface area (Å²) in [5.41, 5.74) is 2.80. The average molecular weight is 456 g/mol. The van der Waals surface area contributed by atoms with E-state index in [0.717, 1.165) is 16.5 Å². The van der Waals surface area contributed by atoms with Crippen molar-refractivity contribution in [2.45, 2.75) is 25.8 Å². The molecule has 4 rings (SSSR count). The molecule has 1 amide bonds. The Morgan fingerprint density at radius 1 is 1.14 bits per heavy atom. The molecule has 0 saturated heterocycles. The molecule has 3 aromatic rings. The predicted octanol–water partition coefficient (Wildman–Crippen LogP) is 4.70. The number of nitrogens with zero attached hydrogens (tertiary/aromatic N) is 1. The smallest absolute Gasteiger partial charge is 0.290 e. The minimum absolute atomic E-state index is 0.145. The third-order valence-corrected chi connectivity index (χ3v) is 5.87. The number of aryl methyl sites for hydroxylation is 1. The van der Waals surface area contributed by atoms with E-state index >= 15 is 0 Å². The van der Waals surface area contributed by atoms with Gasteiger partial charge in [0.25, 0.3) is 5.91 Å². The van der Waals surface area contributed by atoms with Crippen molar-refractivity contribution in [1.82, 2.24) is 4.90 Å². The van der Waals surface area contributed by atoms with Crippen LogP contribution in [0.3, 0.4) is 0 Å². The maximum atomic E-state index is 13.4. The minimum Gasteiger partial charge on any atom is -0.450 e. The molecule has 1 aliphatic heterocycles. The van der Waals surface area contributed by atoms with Crippen molar-refractivity contribution in [3.63, 3.8) is 0 Å². The molecule has 1 atom stereocenters. The standard InChI is InChI=1S/C23H22BrNO4/c1-3-14-5-7-15(8-6-14)20-19-21(26)17-13-16(24)9-10-18(17)29-22(19)23(27)25(20)11-4-12-28-2/h5-10,13,20H,3-4,11-12H2,1-2H3. The number of carbonyl (C=O) groups excluding carboxylic acids is 1. The van der Waals surface area contributed by atoms with Crippen LogP contribution < -0.4 is 5.43 Å². The van der Waals surface area contributed by atoms with Crippen molar-refractivity contribution in [3.8, 4) is 0 Å². The summed E-state index contributed by atoms with van der Waals surface area (Å²) in [4.78, 5) is 28.3. The quantitative estimate of drug-likeness (QED) is 0.505. The Kier molecular flexibility index (Phi) is 5.56. The topological polar surface area (TPSA) is 59.8 Å². The molecular weight excluding hydrogens is 434 g/mol. The number of carbonyl (C=O) groups is 1. The Bertz CT molecular complexity index is 1120. The third-order valence-electron chi connectivity index (χ3n) is 5.38. The molecule has 29 heavy (non-hydrogen) atoms. The number of ether oxygens (including phenoxy) is 1. The molecule has 5 nitrogen and oxygen atoms in total. The zero-order chi connectivity index (χ0) is 20.5. The molecule has 0 N–H and O–H groups in total. The summed E-state index contributed by atoms with van der Waals surface area (Å²) < 4.78 is 11.9. The van der Waals surface area contributed by atoms with Crippen LogP contribution in [0.1, 0.15) is 46.6 Å². The van der Waals surface area contributed by atoms with Crippen molar-refractivity contribution in [3.05, 3.63) is 79.6 Å². The Morgan fingerprint density at radius 3 is 2.59 bits per heavy atom. The number of methoxy groups -OCH3 is 1. The molecule has 150 valence electrons. The van der Waals surface area contributed by atoms with E-state index in [1.54, 1.807) is 30.2 Å². The molecule has 1 aromatic heterocycles. The van der Waals surface area contributed by atoms with Gasteiger partial charge in [-0.2, -0.15) is 0 Å². The van der Waals surface area contributed by atoms with E-state index in [4.69, 9.17) is 9.15 Å². The highest BCUT2D eigenvalue weighted by Crippen LogP contribution is 2.38. The molecule has 0 fully saturated rings. The average Bonchev–Trinajstić information content (AvgIpc) is 3.01. The molecule has 1 unspecified atom stereocenters. The van der Waals surface area contributed by atoms with Gasteiger partial charge in [0, 0.05) is 24.7 Å². The fourth-order valence-electron chi connectivity index (χ4n) is 3.88. The van der Waals surface area contributed by atoms with Crippen molar-refractivity contribution in [1.29, 1.82) is 0 Å². The van der Waals surface area contributed by atoms with Crippen LogP contribution in [0.2, 0.25) is 0 Å². The fraction of sp³-hybridized carbons (Fsp3) is 0.304. The van der Waals surface area contributed by atoms with Crippen LogP contribution in [0.5, 0.6) is 0 Å². The van der Waals surface area contributed by atoms with Gasteiger partial charge in [-0.1, -0.05) is 47.1 Å². The van der Waals surface area contributed by atoms with Crippen molar-refractivity contribution >= 4 is 32.8 Å². The minimum atomic E-state index is -0.458. The van der Waals surface area contributed by atoms with Crippen LogP contribution in [0.25, 0.3) is 11.0 Å². The van der Waals surface area contributed by atoms with Gasteiger partial charge in [-0.15, -0.1) is 0 Å². The molecule has 6 heteroatoms. The molecule has 0 bridgehead atoms. The first-order valence-electron chi connectivity index (χ1n) is 9.70. The first kappa shape index (κ1) is 19.9. The summed E-state index contributed by atoms with van der Waals surface area (Å²) in [5, 5.41) is 0.472. The first-order valence-corrected chi connectivity index (χ1v) is 10.5. The molecule has 0 radical (unpaired) electrons.